The summed E-state index contributed by atoms with van der Waals surface area (Å²) in [6.07, 6.45) is 0. The van der Waals surface area contributed by atoms with Crippen LogP contribution in [0.15, 0.2) is 48.5 Å². The zero-order valence-electron chi connectivity index (χ0n) is 12.4. The monoisotopic (exact) mass is 311 g/mol. The molecule has 6 nitrogen and oxygen atoms in total. The van der Waals surface area contributed by atoms with Gasteiger partial charge in [-0.1, -0.05) is 12.1 Å². The maximum absolute atomic E-state index is 12.9. The Balaban J connectivity index is 1.88. The number of carbonyl (C=O) groups is 1. The Kier molecular flexibility index (Phi) is 4.09. The molecule has 0 fully saturated rings. The minimum atomic E-state index is -0.387. The second-order valence-electron chi connectivity index (χ2n) is 4.81. The van der Waals surface area contributed by atoms with Crippen molar-refractivity contribution in [2.24, 2.45) is 0 Å². The highest BCUT2D eigenvalue weighted by molar-refractivity contribution is 6.05. The first-order valence-electron chi connectivity index (χ1n) is 7.11. The normalized spacial score (nSPS) is 10.5. The van der Waals surface area contributed by atoms with E-state index in [1.165, 1.54) is 29.1 Å². The molecule has 0 aliphatic rings. The molecule has 0 aliphatic carbocycles. The molecule has 1 aromatic heterocycles. The topological polar surface area (TPSA) is 72.7 Å². The molecule has 0 unspecified atom stereocenters. The van der Waals surface area contributed by atoms with Gasteiger partial charge in [0.2, 0.25) is 5.82 Å². The van der Waals surface area contributed by atoms with E-state index < -0.39 is 0 Å². The van der Waals surface area contributed by atoms with Crippen molar-refractivity contribution < 1.29 is 9.18 Å². The summed E-state index contributed by atoms with van der Waals surface area (Å²) in [6, 6.07) is 12.5. The third kappa shape index (κ3) is 3.23. The molecule has 0 spiro atoms. The Morgan fingerprint density at radius 2 is 1.91 bits per heavy atom. The Hall–Kier alpha value is -3.09. The summed E-state index contributed by atoms with van der Waals surface area (Å²) >= 11 is 0. The summed E-state index contributed by atoms with van der Waals surface area (Å²) in [7, 11) is 0. The smallest absolute Gasteiger partial charge is 0.255 e. The number of tetrazole rings is 1. The maximum Gasteiger partial charge on any atom is 0.255 e. The molecule has 23 heavy (non-hydrogen) atoms. The first-order chi connectivity index (χ1) is 11.2. The van der Waals surface area contributed by atoms with Crippen molar-refractivity contribution in [2.75, 3.05) is 5.32 Å². The van der Waals surface area contributed by atoms with Crippen molar-refractivity contribution >= 4 is 11.6 Å². The SMILES string of the molecule is CCn1nnc(-c2ccccc2NC(=O)c2ccc(F)cc2)n1. The lowest BCUT2D eigenvalue weighted by Gasteiger charge is -2.08. The third-order valence-electron chi connectivity index (χ3n) is 3.26. The number of nitrogens with zero attached hydrogens (tertiary/aromatic N) is 4. The molecule has 1 N–H and O–H groups in total. The highest BCUT2D eigenvalue weighted by atomic mass is 19.1. The van der Waals surface area contributed by atoms with Crippen LogP contribution in [0.5, 0.6) is 0 Å². The van der Waals surface area contributed by atoms with Crippen LogP contribution in [-0.2, 0) is 6.54 Å². The highest BCUT2D eigenvalue weighted by Gasteiger charge is 2.13. The van der Waals surface area contributed by atoms with E-state index >= 15 is 0 Å². The van der Waals surface area contributed by atoms with E-state index in [2.05, 4.69) is 20.7 Å². The van der Waals surface area contributed by atoms with E-state index in [4.69, 9.17) is 0 Å². The number of rotatable bonds is 4. The third-order valence-corrected chi connectivity index (χ3v) is 3.26. The molecular formula is C16H14FN5O. The van der Waals surface area contributed by atoms with Gasteiger partial charge < -0.3 is 5.32 Å². The standard InChI is InChI=1S/C16H14FN5O/c1-2-22-20-15(19-21-22)13-5-3-4-6-14(13)18-16(23)11-7-9-12(17)10-8-11/h3-10H,2H2,1H3,(H,18,23). The van der Waals surface area contributed by atoms with Gasteiger partial charge >= 0.3 is 0 Å². The molecule has 0 aliphatic heterocycles. The fraction of sp³-hybridized carbons (Fsp3) is 0.125. The minimum absolute atomic E-state index is 0.333. The van der Waals surface area contributed by atoms with Crippen LogP contribution in [0.2, 0.25) is 0 Å². The van der Waals surface area contributed by atoms with Crippen molar-refractivity contribution in [1.29, 1.82) is 0 Å². The van der Waals surface area contributed by atoms with Crippen LogP contribution < -0.4 is 5.32 Å². The van der Waals surface area contributed by atoms with Crippen LogP contribution in [0.1, 0.15) is 17.3 Å². The number of para-hydroxylation sites is 1. The highest BCUT2D eigenvalue weighted by Crippen LogP contribution is 2.24. The van der Waals surface area contributed by atoms with Crippen molar-refractivity contribution in [1.82, 2.24) is 20.2 Å². The number of amides is 1. The maximum atomic E-state index is 12.9. The predicted molar refractivity (Wildman–Crippen MR) is 83.3 cm³/mol. The molecule has 0 bridgehead atoms. The number of hydrogen-bond donors (Lipinski definition) is 1. The molecule has 0 saturated heterocycles. The van der Waals surface area contributed by atoms with Gasteiger partial charge in [0.1, 0.15) is 5.82 Å². The Bertz CT molecular complexity index is 828. The molecule has 7 heteroatoms. The van der Waals surface area contributed by atoms with Gasteiger partial charge in [0.05, 0.1) is 12.2 Å². The number of aromatic nitrogens is 4. The van der Waals surface area contributed by atoms with Gasteiger partial charge in [-0.25, -0.2) is 4.39 Å². The van der Waals surface area contributed by atoms with Crippen molar-refractivity contribution in [2.45, 2.75) is 13.5 Å². The summed E-state index contributed by atoms with van der Waals surface area (Å²) in [5, 5.41) is 14.9. The van der Waals surface area contributed by atoms with Crippen molar-refractivity contribution in [3.63, 3.8) is 0 Å². The number of carbonyl (C=O) groups excluding carboxylic acids is 1. The number of nitrogens with one attached hydrogen (secondary N) is 1. The second-order valence-corrected chi connectivity index (χ2v) is 4.81. The van der Waals surface area contributed by atoms with E-state index in [-0.39, 0.29) is 11.7 Å². The van der Waals surface area contributed by atoms with Gasteiger partial charge in [0, 0.05) is 11.1 Å². The second kappa shape index (κ2) is 6.35. The Labute approximate surface area is 132 Å². The lowest BCUT2D eigenvalue weighted by atomic mass is 10.1. The molecule has 2 aromatic carbocycles. The van der Waals surface area contributed by atoms with Crippen LogP contribution in [0.4, 0.5) is 10.1 Å². The van der Waals surface area contributed by atoms with E-state index in [9.17, 15) is 9.18 Å². The predicted octanol–water partition coefficient (Wildman–Crippen LogP) is 2.75. The largest absolute Gasteiger partial charge is 0.321 e. The lowest BCUT2D eigenvalue weighted by molar-refractivity contribution is 0.102. The average Bonchev–Trinajstić information content (AvgIpc) is 3.05. The van der Waals surface area contributed by atoms with Crippen LogP contribution in [0.3, 0.4) is 0 Å². The molecule has 0 radical (unpaired) electrons. The minimum Gasteiger partial charge on any atom is -0.321 e. The number of aryl methyl sites for hydroxylation is 1. The molecule has 0 atom stereocenters. The van der Waals surface area contributed by atoms with Crippen molar-refractivity contribution in [3.8, 4) is 11.4 Å². The summed E-state index contributed by atoms with van der Waals surface area (Å²) in [5.74, 6) is -0.287. The zero-order valence-corrected chi connectivity index (χ0v) is 12.4. The number of anilines is 1. The Morgan fingerprint density at radius 1 is 1.17 bits per heavy atom. The van der Waals surface area contributed by atoms with Gasteiger partial charge in [0.25, 0.3) is 5.91 Å². The van der Waals surface area contributed by atoms with Gasteiger partial charge in [-0.05, 0) is 48.5 Å². The first-order valence-corrected chi connectivity index (χ1v) is 7.11. The molecule has 3 aromatic rings. The fourth-order valence-electron chi connectivity index (χ4n) is 2.07. The van der Waals surface area contributed by atoms with Gasteiger partial charge in [-0.15, -0.1) is 10.2 Å². The summed E-state index contributed by atoms with van der Waals surface area (Å²) < 4.78 is 12.9. The van der Waals surface area contributed by atoms with Crippen LogP contribution in [0.25, 0.3) is 11.4 Å². The van der Waals surface area contributed by atoms with Crippen LogP contribution in [-0.4, -0.2) is 26.1 Å². The van der Waals surface area contributed by atoms with E-state index in [0.29, 0.717) is 29.2 Å². The van der Waals surface area contributed by atoms with Crippen LogP contribution in [0, 0.1) is 5.82 Å². The van der Waals surface area contributed by atoms with E-state index in [1.54, 1.807) is 18.2 Å². The van der Waals surface area contributed by atoms with Gasteiger partial charge in [-0.2, -0.15) is 4.80 Å². The number of hydrogen-bond acceptors (Lipinski definition) is 4. The zero-order chi connectivity index (χ0) is 16.2. The number of benzene rings is 2. The first kappa shape index (κ1) is 14.8. The van der Waals surface area contributed by atoms with Crippen molar-refractivity contribution in [3.05, 3.63) is 59.9 Å². The van der Waals surface area contributed by atoms with E-state index in [0.717, 1.165) is 0 Å². The number of halogens is 1. The quantitative estimate of drug-likeness (QED) is 0.804. The average molecular weight is 311 g/mol. The molecule has 1 amide bonds. The van der Waals surface area contributed by atoms with Crippen LogP contribution >= 0.6 is 0 Å². The summed E-state index contributed by atoms with van der Waals surface area (Å²) in [4.78, 5) is 13.7. The summed E-state index contributed by atoms with van der Waals surface area (Å²) in [5.41, 5.74) is 1.60. The lowest BCUT2D eigenvalue weighted by Crippen LogP contribution is -2.12. The van der Waals surface area contributed by atoms with Gasteiger partial charge in [-0.3, -0.25) is 4.79 Å². The Morgan fingerprint density at radius 3 is 2.61 bits per heavy atom. The van der Waals surface area contributed by atoms with E-state index in [1.807, 2.05) is 13.0 Å². The molecule has 0 saturated carbocycles. The summed E-state index contributed by atoms with van der Waals surface area (Å²) in [6.45, 7) is 2.52. The molecule has 1 heterocycles. The fourth-order valence-corrected chi connectivity index (χ4v) is 2.07. The molecule has 116 valence electrons. The molecular weight excluding hydrogens is 297 g/mol. The molecule has 3 rings (SSSR count). The van der Waals surface area contributed by atoms with Gasteiger partial charge in [0.15, 0.2) is 0 Å².